The third kappa shape index (κ3) is 17.8. The number of carboxylic acids is 3. The van der Waals surface area contributed by atoms with E-state index in [0.29, 0.717) is 43.4 Å². The van der Waals surface area contributed by atoms with Gasteiger partial charge in [0.05, 0.1) is 24.3 Å². The number of hydrogen-bond donors (Lipinski definition) is 4. The molecule has 216 valence electrons. The molecule has 0 bridgehead atoms. The Hall–Kier alpha value is -2.58. The summed E-state index contributed by atoms with van der Waals surface area (Å²) in [7, 11) is 0. The summed E-state index contributed by atoms with van der Waals surface area (Å²) in [5.41, 5.74) is 0.701. The zero-order valence-corrected chi connectivity index (χ0v) is 23.4. The smallest absolute Gasteiger partial charge is 0.303 e. The number of imide groups is 1. The maximum atomic E-state index is 11.9. The summed E-state index contributed by atoms with van der Waals surface area (Å²) in [6.07, 6.45) is 5.58. The zero-order valence-electron chi connectivity index (χ0n) is 21.0. The molecule has 1 aromatic rings. The van der Waals surface area contributed by atoms with Gasteiger partial charge in [-0.3, -0.25) is 28.8 Å². The Kier molecular flexibility index (Phi) is 23.3. The number of nitrogens with two attached hydrogens (primary N) is 1. The largest absolute Gasteiger partial charge is 0.481 e. The molecular formula is C24H36BrClN2O10. The number of amides is 2. The SMILES string of the molecule is Cl.NOCCCCCC(=O)O.O=C(O)CCCBr.O=C(O)CCCCCON1C(=O)c2ccccc2C1=O. The third-order valence-electron chi connectivity index (χ3n) is 4.69. The van der Waals surface area contributed by atoms with Gasteiger partial charge in [-0.25, -0.2) is 5.90 Å². The van der Waals surface area contributed by atoms with Crippen LogP contribution in [0.25, 0.3) is 0 Å². The lowest BCUT2D eigenvalue weighted by atomic mass is 10.1. The van der Waals surface area contributed by atoms with Crippen LogP contribution in [0.3, 0.4) is 0 Å². The van der Waals surface area contributed by atoms with Crippen molar-refractivity contribution < 1.29 is 49.0 Å². The molecule has 1 aliphatic heterocycles. The fraction of sp³-hybridized carbons (Fsp3) is 0.542. The molecule has 0 saturated carbocycles. The first kappa shape index (κ1) is 37.6. The van der Waals surface area contributed by atoms with E-state index in [1.165, 1.54) is 0 Å². The van der Waals surface area contributed by atoms with Gasteiger partial charge in [0.15, 0.2) is 0 Å². The Morgan fingerprint density at radius 3 is 1.53 bits per heavy atom. The highest BCUT2D eigenvalue weighted by atomic mass is 79.9. The molecule has 38 heavy (non-hydrogen) atoms. The molecule has 2 amide bonds. The topological polar surface area (TPSA) is 194 Å². The van der Waals surface area contributed by atoms with Gasteiger partial charge in [0.2, 0.25) is 0 Å². The van der Waals surface area contributed by atoms with E-state index in [1.54, 1.807) is 24.3 Å². The Balaban J connectivity index is 0. The number of unbranched alkanes of at least 4 members (excludes halogenated alkanes) is 4. The van der Waals surface area contributed by atoms with Gasteiger partial charge in [-0.15, -0.1) is 17.5 Å². The molecule has 1 heterocycles. The van der Waals surface area contributed by atoms with E-state index in [2.05, 4.69) is 20.8 Å². The van der Waals surface area contributed by atoms with Gasteiger partial charge in [0.1, 0.15) is 0 Å². The predicted molar refractivity (Wildman–Crippen MR) is 143 cm³/mol. The van der Waals surface area contributed by atoms with Crippen molar-refractivity contribution in [2.24, 2.45) is 5.90 Å². The second kappa shape index (κ2) is 23.5. The molecule has 0 aliphatic carbocycles. The molecule has 0 unspecified atom stereocenters. The first-order valence-corrected chi connectivity index (χ1v) is 12.9. The highest BCUT2D eigenvalue weighted by Gasteiger charge is 2.36. The normalized spacial score (nSPS) is 11.4. The minimum Gasteiger partial charge on any atom is -0.481 e. The van der Waals surface area contributed by atoms with Crippen molar-refractivity contribution in [1.29, 1.82) is 0 Å². The molecule has 0 radical (unpaired) electrons. The predicted octanol–water partition coefficient (Wildman–Crippen LogP) is 4.05. The van der Waals surface area contributed by atoms with Gasteiger partial charge in [-0.05, 0) is 44.2 Å². The quantitative estimate of drug-likeness (QED) is 0.0894. The van der Waals surface area contributed by atoms with E-state index in [0.717, 1.165) is 29.7 Å². The Bertz CT molecular complexity index is 837. The van der Waals surface area contributed by atoms with Crippen LogP contribution in [0.5, 0.6) is 0 Å². The van der Waals surface area contributed by atoms with Crippen molar-refractivity contribution in [1.82, 2.24) is 5.06 Å². The van der Waals surface area contributed by atoms with E-state index in [4.69, 9.17) is 26.1 Å². The third-order valence-corrected chi connectivity index (χ3v) is 5.25. The van der Waals surface area contributed by atoms with Crippen molar-refractivity contribution >= 4 is 58.1 Å². The maximum Gasteiger partial charge on any atom is 0.303 e. The summed E-state index contributed by atoms with van der Waals surface area (Å²) in [4.78, 5) is 63.4. The monoisotopic (exact) mass is 626 g/mol. The summed E-state index contributed by atoms with van der Waals surface area (Å²) in [6, 6.07) is 6.57. The van der Waals surface area contributed by atoms with Gasteiger partial charge in [0, 0.05) is 24.6 Å². The minimum atomic E-state index is -0.828. The van der Waals surface area contributed by atoms with Gasteiger partial charge < -0.3 is 20.2 Å². The first-order valence-electron chi connectivity index (χ1n) is 11.8. The van der Waals surface area contributed by atoms with Crippen LogP contribution < -0.4 is 5.90 Å². The van der Waals surface area contributed by atoms with Gasteiger partial charge in [0.25, 0.3) is 11.8 Å². The number of carbonyl (C=O) groups excluding carboxylic acids is 2. The van der Waals surface area contributed by atoms with Crippen LogP contribution in [0.4, 0.5) is 0 Å². The fourth-order valence-corrected chi connectivity index (χ4v) is 3.13. The number of carbonyl (C=O) groups is 5. The van der Waals surface area contributed by atoms with E-state index in [-0.39, 0.29) is 38.3 Å². The average Bonchev–Trinajstić information content (AvgIpc) is 3.10. The van der Waals surface area contributed by atoms with Crippen molar-refractivity contribution in [2.75, 3.05) is 18.5 Å². The molecule has 1 aromatic carbocycles. The van der Waals surface area contributed by atoms with Crippen LogP contribution in [-0.2, 0) is 24.1 Å². The van der Waals surface area contributed by atoms with Crippen LogP contribution in [0.15, 0.2) is 24.3 Å². The summed E-state index contributed by atoms with van der Waals surface area (Å²) in [6.45, 7) is 0.727. The molecule has 12 nitrogen and oxygen atoms in total. The molecule has 0 aromatic heterocycles. The molecule has 0 fully saturated rings. The number of halogens is 2. The fourth-order valence-electron chi connectivity index (χ4n) is 2.85. The summed E-state index contributed by atoms with van der Waals surface area (Å²) in [5, 5.41) is 26.3. The molecular weight excluding hydrogens is 592 g/mol. The van der Waals surface area contributed by atoms with Crippen molar-refractivity contribution in [3.8, 4) is 0 Å². The number of aliphatic carboxylic acids is 3. The van der Waals surface area contributed by atoms with Crippen molar-refractivity contribution in [3.05, 3.63) is 35.4 Å². The maximum absolute atomic E-state index is 11.9. The minimum absolute atomic E-state index is 0. The zero-order chi connectivity index (χ0) is 28.1. The highest BCUT2D eigenvalue weighted by molar-refractivity contribution is 9.09. The number of alkyl halides is 1. The number of nitrogens with zero attached hydrogens (tertiary/aromatic N) is 1. The molecule has 2 rings (SSSR count). The molecule has 0 spiro atoms. The Labute approximate surface area is 235 Å². The van der Waals surface area contributed by atoms with E-state index in [1.807, 2.05) is 0 Å². The molecule has 14 heteroatoms. The van der Waals surface area contributed by atoms with Crippen molar-refractivity contribution in [3.63, 3.8) is 0 Å². The second-order valence-corrected chi connectivity index (χ2v) is 8.54. The van der Waals surface area contributed by atoms with Crippen LogP contribution in [0, 0.1) is 0 Å². The Morgan fingerprint density at radius 1 is 0.737 bits per heavy atom. The highest BCUT2D eigenvalue weighted by Crippen LogP contribution is 2.22. The van der Waals surface area contributed by atoms with E-state index in [9.17, 15) is 24.0 Å². The molecule has 0 atom stereocenters. The van der Waals surface area contributed by atoms with Gasteiger partial charge in [-0.2, -0.15) is 0 Å². The van der Waals surface area contributed by atoms with E-state index < -0.39 is 29.7 Å². The summed E-state index contributed by atoms with van der Waals surface area (Å²) in [5.74, 6) is 1.57. The van der Waals surface area contributed by atoms with Crippen LogP contribution in [0.2, 0.25) is 0 Å². The van der Waals surface area contributed by atoms with Crippen molar-refractivity contribution in [2.45, 2.75) is 64.2 Å². The molecule has 1 aliphatic rings. The summed E-state index contributed by atoms with van der Waals surface area (Å²) < 4.78 is 0. The van der Waals surface area contributed by atoms with E-state index >= 15 is 0 Å². The van der Waals surface area contributed by atoms with Crippen LogP contribution in [0.1, 0.15) is 84.9 Å². The lowest BCUT2D eigenvalue weighted by molar-refractivity contribution is -0.138. The number of carboxylic acid groups (broad SMARTS) is 3. The first-order chi connectivity index (χ1) is 17.6. The summed E-state index contributed by atoms with van der Waals surface area (Å²) >= 11 is 3.11. The lowest BCUT2D eigenvalue weighted by Gasteiger charge is -2.12. The molecule has 5 N–H and O–H groups in total. The van der Waals surface area contributed by atoms with Crippen LogP contribution in [-0.4, -0.2) is 68.6 Å². The number of benzene rings is 1. The lowest BCUT2D eigenvalue weighted by Crippen LogP contribution is -2.30. The van der Waals surface area contributed by atoms with Gasteiger partial charge in [-0.1, -0.05) is 40.9 Å². The number of fused-ring (bicyclic) bond motifs is 1. The number of hydroxylamine groups is 2. The second-order valence-electron chi connectivity index (χ2n) is 7.75. The number of rotatable bonds is 16. The average molecular weight is 628 g/mol. The Morgan fingerprint density at radius 2 is 1.16 bits per heavy atom. The number of hydrogen-bond acceptors (Lipinski definition) is 8. The molecule has 0 saturated heterocycles. The van der Waals surface area contributed by atoms with Crippen LogP contribution >= 0.6 is 28.3 Å². The van der Waals surface area contributed by atoms with Gasteiger partial charge >= 0.3 is 17.9 Å². The standard InChI is InChI=1S/C14H15NO5.C6H13NO3.C4H7BrO2.ClH/c16-12(17)8-2-1-5-9-20-15-13(18)10-6-3-4-7-11(10)14(15)19;7-10-5-3-1-2-4-6(8)9;5-3-1-2-4(6)7;/h3-4,6-7H,1-2,5,8-9H2,(H,16,17);1-5,7H2,(H,8,9);1-3H2,(H,6,7);1H.